The highest BCUT2D eigenvalue weighted by Gasteiger charge is 2.03. The van der Waals surface area contributed by atoms with Gasteiger partial charge in [0.05, 0.1) is 23.9 Å². The fraction of sp³-hybridized carbons (Fsp3) is 0.235. The second kappa shape index (κ2) is 5.78. The van der Waals surface area contributed by atoms with Gasteiger partial charge in [-0.25, -0.2) is 4.98 Å². The molecule has 0 aliphatic rings. The average Bonchev–Trinajstić information content (AvgIpc) is 2.91. The first-order chi connectivity index (χ1) is 9.88. The van der Waals surface area contributed by atoms with Crippen molar-refractivity contribution in [2.75, 3.05) is 6.61 Å². The molecule has 0 unspecified atom stereocenters. The van der Waals surface area contributed by atoms with Crippen LogP contribution in [0.1, 0.15) is 12.5 Å². The van der Waals surface area contributed by atoms with E-state index in [1.54, 1.807) is 0 Å². The monoisotopic (exact) mass is 266 g/mol. The lowest BCUT2D eigenvalue weighted by atomic mass is 10.1. The van der Waals surface area contributed by atoms with Gasteiger partial charge in [-0.15, -0.1) is 0 Å². The van der Waals surface area contributed by atoms with E-state index in [1.165, 1.54) is 5.56 Å². The number of rotatable bonds is 5. The van der Waals surface area contributed by atoms with Crippen molar-refractivity contribution in [3.8, 4) is 5.75 Å². The molecule has 102 valence electrons. The molecule has 0 atom stereocenters. The summed E-state index contributed by atoms with van der Waals surface area (Å²) in [6.45, 7) is 3.60. The van der Waals surface area contributed by atoms with Crippen LogP contribution in [0.15, 0.2) is 54.9 Å². The van der Waals surface area contributed by atoms with Crippen LogP contribution in [-0.4, -0.2) is 16.2 Å². The van der Waals surface area contributed by atoms with Gasteiger partial charge in [0, 0.05) is 0 Å². The Morgan fingerprint density at radius 2 is 1.85 bits per heavy atom. The van der Waals surface area contributed by atoms with Crippen molar-refractivity contribution >= 4 is 11.0 Å². The third kappa shape index (κ3) is 2.52. The predicted octanol–water partition coefficient (Wildman–Crippen LogP) is 3.68. The first-order valence-electron chi connectivity index (χ1n) is 6.99. The van der Waals surface area contributed by atoms with Gasteiger partial charge in [-0.2, -0.15) is 0 Å². The Hall–Kier alpha value is -2.29. The number of fused-ring (bicyclic) bond motifs is 1. The molecular formula is C17H18N2O. The van der Waals surface area contributed by atoms with Gasteiger partial charge in [-0.3, -0.25) is 0 Å². The maximum Gasteiger partial charge on any atom is 0.122 e. The van der Waals surface area contributed by atoms with Gasteiger partial charge in [-0.05, 0) is 30.2 Å². The third-order valence-corrected chi connectivity index (χ3v) is 3.47. The number of para-hydroxylation sites is 3. The van der Waals surface area contributed by atoms with E-state index in [4.69, 9.17) is 4.74 Å². The molecule has 2 aromatic carbocycles. The van der Waals surface area contributed by atoms with Gasteiger partial charge in [-0.1, -0.05) is 37.3 Å². The minimum absolute atomic E-state index is 0.650. The van der Waals surface area contributed by atoms with Gasteiger partial charge in [0.25, 0.3) is 0 Å². The summed E-state index contributed by atoms with van der Waals surface area (Å²) in [6.07, 6.45) is 2.87. The number of ether oxygens (including phenoxy) is 1. The lowest BCUT2D eigenvalue weighted by Gasteiger charge is -2.10. The molecule has 0 fully saturated rings. The van der Waals surface area contributed by atoms with Crippen molar-refractivity contribution < 1.29 is 4.74 Å². The van der Waals surface area contributed by atoms with Crippen molar-refractivity contribution in [1.82, 2.24) is 9.55 Å². The van der Waals surface area contributed by atoms with Crippen LogP contribution < -0.4 is 4.74 Å². The highest BCUT2D eigenvalue weighted by atomic mass is 16.5. The van der Waals surface area contributed by atoms with E-state index in [0.29, 0.717) is 6.61 Å². The lowest BCUT2D eigenvalue weighted by Crippen LogP contribution is -2.08. The Labute approximate surface area is 118 Å². The molecule has 3 rings (SSSR count). The Bertz CT molecular complexity index is 703. The zero-order chi connectivity index (χ0) is 13.8. The zero-order valence-corrected chi connectivity index (χ0v) is 11.6. The fourth-order valence-corrected chi connectivity index (χ4v) is 2.38. The molecule has 1 heterocycles. The summed E-state index contributed by atoms with van der Waals surface area (Å²) < 4.78 is 8.03. The Kier molecular flexibility index (Phi) is 3.68. The molecule has 1 aromatic heterocycles. The largest absolute Gasteiger partial charge is 0.491 e. The number of aryl methyl sites for hydroxylation is 1. The van der Waals surface area contributed by atoms with E-state index in [0.717, 1.165) is 29.7 Å². The molecule has 0 aliphatic heterocycles. The Morgan fingerprint density at radius 3 is 2.75 bits per heavy atom. The van der Waals surface area contributed by atoms with E-state index in [9.17, 15) is 0 Å². The van der Waals surface area contributed by atoms with Crippen LogP contribution in [0.4, 0.5) is 0 Å². The topological polar surface area (TPSA) is 27.1 Å². The molecule has 0 aliphatic carbocycles. The van der Waals surface area contributed by atoms with E-state index in [2.05, 4.69) is 34.7 Å². The normalized spacial score (nSPS) is 10.8. The van der Waals surface area contributed by atoms with Crippen LogP contribution in [0.25, 0.3) is 11.0 Å². The second-order valence-corrected chi connectivity index (χ2v) is 4.74. The molecule has 0 saturated carbocycles. The number of imidazole rings is 1. The van der Waals surface area contributed by atoms with Crippen molar-refractivity contribution in [2.45, 2.75) is 19.9 Å². The molecule has 3 nitrogen and oxygen atoms in total. The van der Waals surface area contributed by atoms with E-state index in [1.807, 2.05) is 36.7 Å². The molecule has 0 amide bonds. The van der Waals surface area contributed by atoms with E-state index in [-0.39, 0.29) is 0 Å². The Balaban J connectivity index is 1.68. The average molecular weight is 266 g/mol. The zero-order valence-electron chi connectivity index (χ0n) is 11.6. The SMILES string of the molecule is CCc1ccccc1OCCn1cnc2ccccc21. The molecule has 0 saturated heterocycles. The maximum absolute atomic E-state index is 5.90. The van der Waals surface area contributed by atoms with Crippen LogP contribution in [0.3, 0.4) is 0 Å². The maximum atomic E-state index is 5.90. The third-order valence-electron chi connectivity index (χ3n) is 3.47. The number of hydrogen-bond acceptors (Lipinski definition) is 2. The summed E-state index contributed by atoms with van der Waals surface area (Å²) in [5.41, 5.74) is 3.43. The fourth-order valence-electron chi connectivity index (χ4n) is 2.38. The summed E-state index contributed by atoms with van der Waals surface area (Å²) in [5.74, 6) is 0.986. The van der Waals surface area contributed by atoms with Gasteiger partial charge in [0.2, 0.25) is 0 Å². The smallest absolute Gasteiger partial charge is 0.122 e. The Morgan fingerprint density at radius 1 is 1.05 bits per heavy atom. The molecule has 0 spiro atoms. The van der Waals surface area contributed by atoms with Crippen LogP contribution in [0.5, 0.6) is 5.75 Å². The summed E-state index contributed by atoms with van der Waals surface area (Å²) in [4.78, 5) is 4.39. The first kappa shape index (κ1) is 12.7. The summed E-state index contributed by atoms with van der Waals surface area (Å²) in [6, 6.07) is 16.4. The molecular weight excluding hydrogens is 248 g/mol. The van der Waals surface area contributed by atoms with Gasteiger partial charge in [0.15, 0.2) is 0 Å². The molecule has 3 heteroatoms. The van der Waals surface area contributed by atoms with Crippen LogP contribution in [0, 0.1) is 0 Å². The van der Waals surface area contributed by atoms with Gasteiger partial charge < -0.3 is 9.30 Å². The summed E-state index contributed by atoms with van der Waals surface area (Å²) in [5, 5.41) is 0. The second-order valence-electron chi connectivity index (χ2n) is 4.74. The van der Waals surface area contributed by atoms with Crippen LogP contribution >= 0.6 is 0 Å². The lowest BCUT2D eigenvalue weighted by molar-refractivity contribution is 0.297. The molecule has 0 radical (unpaired) electrons. The minimum Gasteiger partial charge on any atom is -0.491 e. The number of aromatic nitrogens is 2. The van der Waals surface area contributed by atoms with Crippen LogP contribution in [0.2, 0.25) is 0 Å². The highest BCUT2D eigenvalue weighted by Crippen LogP contribution is 2.18. The summed E-state index contributed by atoms with van der Waals surface area (Å²) >= 11 is 0. The van der Waals surface area contributed by atoms with Crippen molar-refractivity contribution in [1.29, 1.82) is 0 Å². The molecule has 0 N–H and O–H groups in total. The number of hydrogen-bond donors (Lipinski definition) is 0. The quantitative estimate of drug-likeness (QED) is 0.704. The van der Waals surface area contributed by atoms with Crippen molar-refractivity contribution in [3.05, 3.63) is 60.4 Å². The minimum atomic E-state index is 0.650. The van der Waals surface area contributed by atoms with E-state index < -0.39 is 0 Å². The highest BCUT2D eigenvalue weighted by molar-refractivity contribution is 5.74. The standard InChI is InChI=1S/C17H18N2O/c1-2-14-7-3-6-10-17(14)20-12-11-19-13-18-15-8-4-5-9-16(15)19/h3-10,13H,2,11-12H2,1H3. The summed E-state index contributed by atoms with van der Waals surface area (Å²) in [7, 11) is 0. The number of benzene rings is 2. The van der Waals surface area contributed by atoms with Crippen molar-refractivity contribution in [3.63, 3.8) is 0 Å². The first-order valence-corrected chi connectivity index (χ1v) is 6.99. The number of nitrogens with zero attached hydrogens (tertiary/aromatic N) is 2. The molecule has 0 bridgehead atoms. The van der Waals surface area contributed by atoms with Gasteiger partial charge >= 0.3 is 0 Å². The van der Waals surface area contributed by atoms with Crippen LogP contribution in [-0.2, 0) is 13.0 Å². The van der Waals surface area contributed by atoms with Gasteiger partial charge in [0.1, 0.15) is 12.4 Å². The predicted molar refractivity (Wildman–Crippen MR) is 81.0 cm³/mol. The van der Waals surface area contributed by atoms with E-state index >= 15 is 0 Å². The molecule has 3 aromatic rings. The van der Waals surface area contributed by atoms with Crippen molar-refractivity contribution in [2.24, 2.45) is 0 Å². The molecule has 20 heavy (non-hydrogen) atoms.